The molecular weight excluding hydrogens is 307 g/mol. The number of thiophene rings is 1. The van der Waals surface area contributed by atoms with Gasteiger partial charge in [0.05, 0.1) is 16.6 Å². The van der Waals surface area contributed by atoms with Crippen molar-refractivity contribution in [2.45, 2.75) is 26.4 Å². The third-order valence-corrected chi connectivity index (χ3v) is 4.43. The summed E-state index contributed by atoms with van der Waals surface area (Å²) >= 11 is 7.48. The minimum Gasteiger partial charge on any atom is -0.367 e. The van der Waals surface area contributed by atoms with E-state index in [1.807, 2.05) is 30.1 Å². The Morgan fingerprint density at radius 3 is 2.76 bits per heavy atom. The minimum absolute atomic E-state index is 0.184. The van der Waals surface area contributed by atoms with E-state index >= 15 is 0 Å². The fourth-order valence-electron chi connectivity index (χ4n) is 2.28. The van der Waals surface area contributed by atoms with Crippen LogP contribution in [0, 0.1) is 5.82 Å². The summed E-state index contributed by atoms with van der Waals surface area (Å²) in [4.78, 5) is 3.07. The summed E-state index contributed by atoms with van der Waals surface area (Å²) < 4.78 is 15.0. The van der Waals surface area contributed by atoms with E-state index in [-0.39, 0.29) is 5.82 Å². The highest BCUT2D eigenvalue weighted by molar-refractivity contribution is 7.16. The Labute approximate surface area is 134 Å². The Kier molecular flexibility index (Phi) is 6.03. The molecule has 0 saturated heterocycles. The molecule has 0 saturated carbocycles. The zero-order valence-electron chi connectivity index (χ0n) is 12.3. The van der Waals surface area contributed by atoms with Crippen LogP contribution >= 0.6 is 22.9 Å². The molecule has 2 aromatic rings. The van der Waals surface area contributed by atoms with Crippen LogP contribution < -0.4 is 10.2 Å². The third kappa shape index (κ3) is 4.43. The Hall–Kier alpha value is -1.10. The first-order chi connectivity index (χ1) is 10.1. The van der Waals surface area contributed by atoms with Crippen molar-refractivity contribution in [1.82, 2.24) is 5.32 Å². The van der Waals surface area contributed by atoms with Gasteiger partial charge in [0.25, 0.3) is 0 Å². The Morgan fingerprint density at radius 1 is 1.29 bits per heavy atom. The topological polar surface area (TPSA) is 15.3 Å². The zero-order chi connectivity index (χ0) is 15.2. The van der Waals surface area contributed by atoms with E-state index in [0.717, 1.165) is 27.7 Å². The van der Waals surface area contributed by atoms with Crippen molar-refractivity contribution in [3.63, 3.8) is 0 Å². The third-order valence-electron chi connectivity index (χ3n) is 3.22. The molecule has 0 spiro atoms. The van der Waals surface area contributed by atoms with Crippen molar-refractivity contribution in [1.29, 1.82) is 0 Å². The molecule has 0 atom stereocenters. The highest BCUT2D eigenvalue weighted by Gasteiger charge is 2.13. The smallest absolute Gasteiger partial charge is 0.146 e. The van der Waals surface area contributed by atoms with E-state index < -0.39 is 0 Å². The van der Waals surface area contributed by atoms with Crippen molar-refractivity contribution < 1.29 is 4.39 Å². The van der Waals surface area contributed by atoms with E-state index in [1.165, 1.54) is 17.4 Å². The van der Waals surface area contributed by atoms with Crippen LogP contribution in [0.4, 0.5) is 10.1 Å². The number of nitrogens with one attached hydrogen (secondary N) is 1. The van der Waals surface area contributed by atoms with Gasteiger partial charge < -0.3 is 10.2 Å². The number of rotatable bonds is 7. The van der Waals surface area contributed by atoms with Gasteiger partial charge in [0, 0.05) is 18.5 Å². The SMILES string of the molecule is CCCNCc1cccc(F)c1N(C)Cc1ccc(Cl)s1. The van der Waals surface area contributed by atoms with Crippen LogP contribution in [0.5, 0.6) is 0 Å². The second-order valence-corrected chi connectivity index (χ2v) is 6.79. The molecule has 1 N–H and O–H groups in total. The average Bonchev–Trinajstić information content (AvgIpc) is 2.84. The van der Waals surface area contributed by atoms with Gasteiger partial charge in [-0.3, -0.25) is 0 Å². The molecule has 1 heterocycles. The first kappa shape index (κ1) is 16.3. The molecule has 0 bridgehead atoms. The van der Waals surface area contributed by atoms with Crippen LogP contribution in [0.3, 0.4) is 0 Å². The number of anilines is 1. The standard InChI is InChI=1S/C16H20ClFN2S/c1-3-9-19-10-12-5-4-6-14(18)16(12)20(2)11-13-7-8-15(17)21-13/h4-8,19H,3,9-11H2,1-2H3. The zero-order valence-corrected chi connectivity index (χ0v) is 13.9. The van der Waals surface area contributed by atoms with Crippen LogP contribution in [0.15, 0.2) is 30.3 Å². The normalized spacial score (nSPS) is 10.9. The van der Waals surface area contributed by atoms with Gasteiger partial charge in [0.1, 0.15) is 5.82 Å². The number of para-hydroxylation sites is 1. The van der Waals surface area contributed by atoms with Gasteiger partial charge in [-0.2, -0.15) is 0 Å². The first-order valence-electron chi connectivity index (χ1n) is 7.05. The summed E-state index contributed by atoms with van der Waals surface area (Å²) in [5.41, 5.74) is 1.64. The Morgan fingerprint density at radius 2 is 2.10 bits per heavy atom. The van der Waals surface area contributed by atoms with Gasteiger partial charge in [-0.05, 0) is 36.7 Å². The van der Waals surface area contributed by atoms with Gasteiger partial charge in [0.15, 0.2) is 0 Å². The molecule has 0 radical (unpaired) electrons. The number of benzene rings is 1. The summed E-state index contributed by atoms with van der Waals surface area (Å²) in [6.45, 7) is 4.38. The predicted octanol–water partition coefficient (Wildman–Crippen LogP) is 4.68. The van der Waals surface area contributed by atoms with Gasteiger partial charge >= 0.3 is 0 Å². The van der Waals surface area contributed by atoms with Gasteiger partial charge in [-0.15, -0.1) is 11.3 Å². The molecule has 0 aliphatic carbocycles. The fraction of sp³-hybridized carbons (Fsp3) is 0.375. The predicted molar refractivity (Wildman–Crippen MR) is 89.8 cm³/mol. The van der Waals surface area contributed by atoms with Gasteiger partial charge in [-0.25, -0.2) is 4.39 Å². The van der Waals surface area contributed by atoms with E-state index in [9.17, 15) is 4.39 Å². The van der Waals surface area contributed by atoms with Crippen molar-refractivity contribution in [2.24, 2.45) is 0 Å². The number of hydrogen-bond acceptors (Lipinski definition) is 3. The Balaban J connectivity index is 2.16. The summed E-state index contributed by atoms with van der Waals surface area (Å²) in [5, 5.41) is 3.33. The fourth-order valence-corrected chi connectivity index (χ4v) is 3.42. The van der Waals surface area contributed by atoms with Crippen molar-refractivity contribution in [3.8, 4) is 0 Å². The highest BCUT2D eigenvalue weighted by Crippen LogP contribution is 2.28. The van der Waals surface area contributed by atoms with Gasteiger partial charge in [0.2, 0.25) is 0 Å². The van der Waals surface area contributed by atoms with Crippen LogP contribution in [-0.4, -0.2) is 13.6 Å². The lowest BCUT2D eigenvalue weighted by molar-refractivity contribution is 0.613. The summed E-state index contributed by atoms with van der Waals surface area (Å²) in [6, 6.07) is 9.10. The number of halogens is 2. The van der Waals surface area contributed by atoms with Crippen LogP contribution in [0.2, 0.25) is 4.34 Å². The van der Waals surface area contributed by atoms with E-state index in [4.69, 9.17) is 11.6 Å². The molecule has 114 valence electrons. The molecular formula is C16H20ClFN2S. The second-order valence-electron chi connectivity index (χ2n) is 4.99. The number of nitrogens with zero attached hydrogens (tertiary/aromatic N) is 1. The molecule has 21 heavy (non-hydrogen) atoms. The highest BCUT2D eigenvalue weighted by atomic mass is 35.5. The van der Waals surface area contributed by atoms with Crippen LogP contribution in [0.25, 0.3) is 0 Å². The van der Waals surface area contributed by atoms with Crippen molar-refractivity contribution in [3.05, 3.63) is 50.9 Å². The maximum absolute atomic E-state index is 14.2. The molecule has 0 fully saturated rings. The van der Waals surface area contributed by atoms with Crippen molar-refractivity contribution in [2.75, 3.05) is 18.5 Å². The Bertz CT molecular complexity index is 585. The quantitative estimate of drug-likeness (QED) is 0.743. The lowest BCUT2D eigenvalue weighted by atomic mass is 10.1. The molecule has 1 aromatic carbocycles. The maximum Gasteiger partial charge on any atom is 0.146 e. The van der Waals surface area contributed by atoms with E-state index in [0.29, 0.717) is 18.8 Å². The molecule has 2 nitrogen and oxygen atoms in total. The minimum atomic E-state index is -0.184. The van der Waals surface area contributed by atoms with Crippen molar-refractivity contribution >= 4 is 28.6 Å². The van der Waals surface area contributed by atoms with E-state index in [1.54, 1.807) is 6.07 Å². The van der Waals surface area contributed by atoms with E-state index in [2.05, 4.69) is 12.2 Å². The molecule has 0 unspecified atom stereocenters. The molecule has 0 aliphatic rings. The number of hydrogen-bond donors (Lipinski definition) is 1. The monoisotopic (exact) mass is 326 g/mol. The molecule has 2 rings (SSSR count). The lowest BCUT2D eigenvalue weighted by Gasteiger charge is -2.22. The largest absolute Gasteiger partial charge is 0.367 e. The summed E-state index contributed by atoms with van der Waals surface area (Å²) in [5.74, 6) is -0.184. The molecule has 5 heteroatoms. The summed E-state index contributed by atoms with van der Waals surface area (Å²) in [6.07, 6.45) is 1.06. The first-order valence-corrected chi connectivity index (χ1v) is 8.24. The molecule has 0 amide bonds. The second kappa shape index (κ2) is 7.78. The lowest BCUT2D eigenvalue weighted by Crippen LogP contribution is -2.22. The van der Waals surface area contributed by atoms with Crippen LogP contribution in [-0.2, 0) is 13.1 Å². The van der Waals surface area contributed by atoms with Gasteiger partial charge in [-0.1, -0.05) is 30.7 Å². The summed E-state index contributed by atoms with van der Waals surface area (Å²) in [7, 11) is 1.91. The molecule has 0 aliphatic heterocycles. The maximum atomic E-state index is 14.2. The average molecular weight is 327 g/mol. The van der Waals surface area contributed by atoms with Crippen LogP contribution in [0.1, 0.15) is 23.8 Å². The molecule has 1 aromatic heterocycles.